The Labute approximate surface area is 208 Å². The van der Waals surface area contributed by atoms with Crippen LogP contribution in [0.5, 0.6) is 5.75 Å². The SMILES string of the molecule is Cc1ccc(C)c(NC(=O)COc2ccc(/C=C3/C(=O)NC(=S)N(c4ccccc4)C3=O)cc2)c1. The molecular weight excluding hydrogens is 462 g/mol. The molecule has 0 radical (unpaired) electrons. The van der Waals surface area contributed by atoms with Crippen molar-refractivity contribution in [2.75, 3.05) is 16.8 Å². The third-order valence-electron chi connectivity index (χ3n) is 5.34. The number of amides is 3. The summed E-state index contributed by atoms with van der Waals surface area (Å²) < 4.78 is 5.58. The predicted molar refractivity (Wildman–Crippen MR) is 139 cm³/mol. The van der Waals surface area contributed by atoms with Crippen molar-refractivity contribution in [1.29, 1.82) is 0 Å². The maximum atomic E-state index is 13.0. The molecule has 0 spiro atoms. The Morgan fingerprint density at radius 1 is 1.03 bits per heavy atom. The second kappa shape index (κ2) is 10.3. The van der Waals surface area contributed by atoms with Crippen LogP contribution in [-0.2, 0) is 14.4 Å². The lowest BCUT2D eigenvalue weighted by atomic mass is 10.1. The largest absolute Gasteiger partial charge is 0.484 e. The van der Waals surface area contributed by atoms with E-state index in [9.17, 15) is 14.4 Å². The second-order valence-electron chi connectivity index (χ2n) is 8.02. The second-order valence-corrected chi connectivity index (χ2v) is 8.40. The molecule has 0 aliphatic carbocycles. The third-order valence-corrected chi connectivity index (χ3v) is 5.63. The highest BCUT2D eigenvalue weighted by Crippen LogP contribution is 2.22. The minimum atomic E-state index is -0.560. The van der Waals surface area contributed by atoms with Gasteiger partial charge in [-0.15, -0.1) is 0 Å². The monoisotopic (exact) mass is 485 g/mol. The Morgan fingerprint density at radius 2 is 1.74 bits per heavy atom. The molecule has 3 aromatic rings. The predicted octanol–water partition coefficient (Wildman–Crippen LogP) is 4.15. The van der Waals surface area contributed by atoms with Crippen LogP contribution in [0.3, 0.4) is 0 Å². The van der Waals surface area contributed by atoms with Gasteiger partial charge in [0.25, 0.3) is 17.7 Å². The van der Waals surface area contributed by atoms with Crippen molar-refractivity contribution in [3.8, 4) is 5.75 Å². The smallest absolute Gasteiger partial charge is 0.270 e. The third kappa shape index (κ3) is 5.62. The molecule has 3 aromatic carbocycles. The summed E-state index contributed by atoms with van der Waals surface area (Å²) >= 11 is 5.20. The quantitative estimate of drug-likeness (QED) is 0.311. The molecule has 1 aliphatic rings. The number of nitrogens with zero attached hydrogens (tertiary/aromatic N) is 1. The first-order valence-electron chi connectivity index (χ1n) is 10.9. The van der Waals surface area contributed by atoms with Gasteiger partial charge in [-0.1, -0.05) is 42.5 Å². The number of ether oxygens (including phenoxy) is 1. The Balaban J connectivity index is 1.42. The van der Waals surface area contributed by atoms with E-state index in [2.05, 4.69) is 10.6 Å². The summed E-state index contributed by atoms with van der Waals surface area (Å²) in [7, 11) is 0. The summed E-state index contributed by atoms with van der Waals surface area (Å²) in [5.41, 5.74) is 3.92. The average molecular weight is 486 g/mol. The van der Waals surface area contributed by atoms with Crippen molar-refractivity contribution in [2.24, 2.45) is 0 Å². The van der Waals surface area contributed by atoms with Gasteiger partial charge in [0.15, 0.2) is 11.7 Å². The molecule has 0 atom stereocenters. The topological polar surface area (TPSA) is 87.7 Å². The Bertz CT molecular complexity index is 1330. The number of hydrogen-bond acceptors (Lipinski definition) is 5. The van der Waals surface area contributed by atoms with E-state index in [4.69, 9.17) is 17.0 Å². The van der Waals surface area contributed by atoms with Crippen LogP contribution >= 0.6 is 12.2 Å². The van der Waals surface area contributed by atoms with Gasteiger partial charge in [-0.2, -0.15) is 0 Å². The molecule has 1 heterocycles. The average Bonchev–Trinajstić information content (AvgIpc) is 2.84. The van der Waals surface area contributed by atoms with Crippen LogP contribution in [0, 0.1) is 13.8 Å². The Morgan fingerprint density at radius 3 is 2.46 bits per heavy atom. The fourth-order valence-electron chi connectivity index (χ4n) is 3.50. The zero-order chi connectivity index (χ0) is 24.9. The Kier molecular flexibility index (Phi) is 7.03. The molecule has 1 saturated heterocycles. The van der Waals surface area contributed by atoms with Gasteiger partial charge in [0, 0.05) is 5.69 Å². The van der Waals surface area contributed by atoms with Crippen LogP contribution in [0.1, 0.15) is 16.7 Å². The van der Waals surface area contributed by atoms with Crippen molar-refractivity contribution >= 4 is 52.5 Å². The van der Waals surface area contributed by atoms with Crippen molar-refractivity contribution in [3.63, 3.8) is 0 Å². The molecule has 8 heteroatoms. The molecule has 35 heavy (non-hydrogen) atoms. The van der Waals surface area contributed by atoms with Crippen LogP contribution in [0.2, 0.25) is 0 Å². The van der Waals surface area contributed by atoms with Gasteiger partial charge in [0.2, 0.25) is 0 Å². The first-order valence-corrected chi connectivity index (χ1v) is 11.3. The van der Waals surface area contributed by atoms with E-state index in [0.29, 0.717) is 17.0 Å². The summed E-state index contributed by atoms with van der Waals surface area (Å²) in [5, 5.41) is 5.44. The van der Waals surface area contributed by atoms with Gasteiger partial charge in [-0.3, -0.25) is 24.6 Å². The lowest BCUT2D eigenvalue weighted by Crippen LogP contribution is -2.54. The number of anilines is 2. The number of benzene rings is 3. The van der Waals surface area contributed by atoms with Crippen molar-refractivity contribution in [3.05, 3.63) is 95.1 Å². The number of carbonyl (C=O) groups excluding carboxylic acids is 3. The van der Waals surface area contributed by atoms with Crippen LogP contribution in [0.4, 0.5) is 11.4 Å². The van der Waals surface area contributed by atoms with Gasteiger partial charge in [0.1, 0.15) is 11.3 Å². The maximum Gasteiger partial charge on any atom is 0.270 e. The highest BCUT2D eigenvalue weighted by atomic mass is 32.1. The summed E-state index contributed by atoms with van der Waals surface area (Å²) in [6, 6.07) is 21.4. The molecule has 0 saturated carbocycles. The van der Waals surface area contributed by atoms with Crippen LogP contribution < -0.4 is 20.3 Å². The van der Waals surface area contributed by atoms with E-state index in [1.165, 1.54) is 11.0 Å². The van der Waals surface area contributed by atoms with E-state index >= 15 is 0 Å². The van der Waals surface area contributed by atoms with Crippen LogP contribution in [0.25, 0.3) is 6.08 Å². The maximum absolute atomic E-state index is 13.0. The standard InChI is InChI=1S/C27H23N3O4S/c1-17-8-9-18(2)23(14-17)28-24(31)16-34-21-12-10-19(11-13-21)15-22-25(32)29-27(35)30(26(22)33)20-6-4-3-5-7-20/h3-15H,16H2,1-2H3,(H,28,31)(H,29,32,35)/b22-15-. The molecule has 2 N–H and O–H groups in total. The number of thiocarbonyl (C=S) groups is 1. The molecule has 0 unspecified atom stereocenters. The van der Waals surface area contributed by atoms with Gasteiger partial charge >= 0.3 is 0 Å². The summed E-state index contributed by atoms with van der Waals surface area (Å²) in [5.74, 6) is -0.856. The van der Waals surface area contributed by atoms with Crippen molar-refractivity contribution < 1.29 is 19.1 Å². The first-order chi connectivity index (χ1) is 16.8. The van der Waals surface area contributed by atoms with Gasteiger partial charge in [-0.05, 0) is 79.2 Å². The van der Waals surface area contributed by atoms with Crippen molar-refractivity contribution in [1.82, 2.24) is 5.32 Å². The zero-order valence-corrected chi connectivity index (χ0v) is 20.0. The van der Waals surface area contributed by atoms with Crippen molar-refractivity contribution in [2.45, 2.75) is 13.8 Å². The summed E-state index contributed by atoms with van der Waals surface area (Å²) in [6.07, 6.45) is 1.49. The molecule has 1 aliphatic heterocycles. The lowest BCUT2D eigenvalue weighted by Gasteiger charge is -2.28. The van der Waals surface area contributed by atoms with E-state index < -0.39 is 11.8 Å². The number of aryl methyl sites for hydroxylation is 2. The van der Waals surface area contributed by atoms with Gasteiger partial charge in [0.05, 0.1) is 5.69 Å². The molecule has 176 valence electrons. The summed E-state index contributed by atoms with van der Waals surface area (Å²) in [4.78, 5) is 39.1. The van der Waals surface area contributed by atoms with E-state index in [-0.39, 0.29) is 23.2 Å². The van der Waals surface area contributed by atoms with Gasteiger partial charge in [-0.25, -0.2) is 0 Å². The van der Waals surface area contributed by atoms with Gasteiger partial charge < -0.3 is 10.1 Å². The minimum absolute atomic E-state index is 0.0335. The molecular formula is C27H23N3O4S. The number of hydrogen-bond donors (Lipinski definition) is 2. The fraction of sp³-hybridized carbons (Fsp3) is 0.111. The highest BCUT2D eigenvalue weighted by molar-refractivity contribution is 7.80. The number of para-hydroxylation sites is 1. The number of rotatable bonds is 6. The number of nitrogens with one attached hydrogen (secondary N) is 2. The molecule has 3 amide bonds. The number of carbonyl (C=O) groups is 3. The van der Waals surface area contributed by atoms with E-state index in [1.54, 1.807) is 48.5 Å². The van der Waals surface area contributed by atoms with Crippen LogP contribution in [0.15, 0.2) is 78.4 Å². The lowest BCUT2D eigenvalue weighted by molar-refractivity contribution is -0.122. The molecule has 0 aromatic heterocycles. The molecule has 7 nitrogen and oxygen atoms in total. The summed E-state index contributed by atoms with van der Waals surface area (Å²) in [6.45, 7) is 3.73. The Hall–Kier alpha value is -4.30. The molecule has 0 bridgehead atoms. The van der Waals surface area contributed by atoms with Crippen LogP contribution in [-0.4, -0.2) is 29.4 Å². The molecule has 4 rings (SSSR count). The fourth-order valence-corrected chi connectivity index (χ4v) is 3.78. The van der Waals surface area contributed by atoms with E-state index in [0.717, 1.165) is 16.8 Å². The zero-order valence-electron chi connectivity index (χ0n) is 19.2. The molecule has 1 fully saturated rings. The van der Waals surface area contributed by atoms with E-state index in [1.807, 2.05) is 38.1 Å². The normalized spacial score (nSPS) is 14.6. The first kappa shape index (κ1) is 23.8. The highest BCUT2D eigenvalue weighted by Gasteiger charge is 2.34. The minimum Gasteiger partial charge on any atom is -0.484 e.